The molecule has 2 aromatic rings. The van der Waals surface area contributed by atoms with E-state index >= 15 is 0 Å². The summed E-state index contributed by atoms with van der Waals surface area (Å²) in [5.74, 6) is -2.23. The van der Waals surface area contributed by atoms with Crippen molar-refractivity contribution in [2.45, 2.75) is 19.8 Å². The molecule has 0 aliphatic carbocycles. The Labute approximate surface area is 172 Å². The number of imide groups is 1. The number of amides is 4. The van der Waals surface area contributed by atoms with Gasteiger partial charge in [-0.3, -0.25) is 24.1 Å². The first-order valence-electron chi connectivity index (χ1n) is 9.14. The molecule has 0 spiro atoms. The second kappa shape index (κ2) is 8.99. The standard InChI is InChI=1S/C21H19N3O6/c1-13(25)22-15-5-3-6-16(11-15)23-18(26)12-30-21(29)14-4-2-7-17(10-14)24-19(27)8-9-20(24)28/h2-7,10-11H,8-9,12H2,1H3,(H,22,25)(H,23,26). The molecule has 0 saturated carbocycles. The van der Waals surface area contributed by atoms with Crippen molar-refractivity contribution in [1.29, 1.82) is 0 Å². The van der Waals surface area contributed by atoms with Gasteiger partial charge in [-0.15, -0.1) is 0 Å². The van der Waals surface area contributed by atoms with Crippen molar-refractivity contribution in [3.63, 3.8) is 0 Å². The molecule has 1 saturated heterocycles. The number of benzene rings is 2. The molecule has 1 aliphatic heterocycles. The van der Waals surface area contributed by atoms with Crippen LogP contribution in [0.15, 0.2) is 48.5 Å². The number of hydrogen-bond donors (Lipinski definition) is 2. The topological polar surface area (TPSA) is 122 Å². The fourth-order valence-electron chi connectivity index (χ4n) is 2.93. The Morgan fingerprint density at radius 1 is 0.933 bits per heavy atom. The van der Waals surface area contributed by atoms with Crippen LogP contribution in [-0.2, 0) is 23.9 Å². The normalized spacial score (nSPS) is 13.2. The minimum atomic E-state index is -0.766. The van der Waals surface area contributed by atoms with Crippen molar-refractivity contribution in [2.75, 3.05) is 22.1 Å². The quantitative estimate of drug-likeness (QED) is 0.557. The SMILES string of the molecule is CC(=O)Nc1cccc(NC(=O)COC(=O)c2cccc(N3C(=O)CCC3=O)c2)c1. The Bertz CT molecular complexity index is 1020. The van der Waals surface area contributed by atoms with Crippen LogP contribution in [-0.4, -0.2) is 36.2 Å². The lowest BCUT2D eigenvalue weighted by atomic mass is 10.2. The summed E-state index contributed by atoms with van der Waals surface area (Å²) in [7, 11) is 0. The van der Waals surface area contributed by atoms with Crippen molar-refractivity contribution < 1.29 is 28.7 Å². The molecule has 1 aliphatic rings. The van der Waals surface area contributed by atoms with E-state index < -0.39 is 18.5 Å². The molecule has 1 heterocycles. The first-order chi connectivity index (χ1) is 14.3. The summed E-state index contributed by atoms with van der Waals surface area (Å²) in [6, 6.07) is 12.4. The molecule has 9 nitrogen and oxygen atoms in total. The predicted octanol–water partition coefficient (Wildman–Crippen LogP) is 2.09. The van der Waals surface area contributed by atoms with Gasteiger partial charge in [-0.2, -0.15) is 0 Å². The van der Waals surface area contributed by atoms with Crippen molar-refractivity contribution in [3.05, 3.63) is 54.1 Å². The van der Waals surface area contributed by atoms with E-state index in [2.05, 4.69) is 10.6 Å². The Kier molecular flexibility index (Phi) is 6.21. The number of carbonyl (C=O) groups excluding carboxylic acids is 5. The maximum Gasteiger partial charge on any atom is 0.338 e. The van der Waals surface area contributed by atoms with Gasteiger partial charge in [0.2, 0.25) is 17.7 Å². The molecule has 2 N–H and O–H groups in total. The average Bonchev–Trinajstić information content (AvgIpc) is 3.04. The molecule has 30 heavy (non-hydrogen) atoms. The zero-order valence-electron chi connectivity index (χ0n) is 16.1. The predicted molar refractivity (Wildman–Crippen MR) is 108 cm³/mol. The highest BCUT2D eigenvalue weighted by Crippen LogP contribution is 2.23. The summed E-state index contributed by atoms with van der Waals surface area (Å²) in [6.45, 7) is 0.838. The lowest BCUT2D eigenvalue weighted by Crippen LogP contribution is -2.28. The van der Waals surface area contributed by atoms with Crippen LogP contribution in [0.2, 0.25) is 0 Å². The van der Waals surface area contributed by atoms with Gasteiger partial charge in [0, 0.05) is 31.1 Å². The molecular weight excluding hydrogens is 390 g/mol. The van der Waals surface area contributed by atoms with E-state index in [-0.39, 0.29) is 41.8 Å². The van der Waals surface area contributed by atoms with Gasteiger partial charge in [0.1, 0.15) is 0 Å². The molecule has 9 heteroatoms. The Balaban J connectivity index is 1.59. The zero-order valence-corrected chi connectivity index (χ0v) is 16.1. The van der Waals surface area contributed by atoms with E-state index in [0.717, 1.165) is 4.90 Å². The van der Waals surface area contributed by atoms with Crippen molar-refractivity contribution in [3.8, 4) is 0 Å². The van der Waals surface area contributed by atoms with Crippen molar-refractivity contribution in [2.24, 2.45) is 0 Å². The number of ether oxygens (including phenoxy) is 1. The number of carbonyl (C=O) groups is 5. The Morgan fingerprint density at radius 3 is 2.23 bits per heavy atom. The van der Waals surface area contributed by atoms with Crippen LogP contribution < -0.4 is 15.5 Å². The minimum absolute atomic E-state index is 0.112. The lowest BCUT2D eigenvalue weighted by molar-refractivity contribution is -0.121. The second-order valence-electron chi connectivity index (χ2n) is 6.56. The van der Waals surface area contributed by atoms with Gasteiger partial charge in [-0.05, 0) is 36.4 Å². The highest BCUT2D eigenvalue weighted by atomic mass is 16.5. The van der Waals surface area contributed by atoms with Crippen LogP contribution >= 0.6 is 0 Å². The van der Waals surface area contributed by atoms with Crippen LogP contribution in [0.4, 0.5) is 17.1 Å². The minimum Gasteiger partial charge on any atom is -0.452 e. The monoisotopic (exact) mass is 409 g/mol. The second-order valence-corrected chi connectivity index (χ2v) is 6.56. The van der Waals surface area contributed by atoms with Crippen LogP contribution in [0, 0.1) is 0 Å². The first-order valence-corrected chi connectivity index (χ1v) is 9.14. The van der Waals surface area contributed by atoms with Gasteiger partial charge in [0.25, 0.3) is 5.91 Å². The van der Waals surface area contributed by atoms with Gasteiger partial charge in [-0.25, -0.2) is 4.79 Å². The molecule has 1 fully saturated rings. The van der Waals surface area contributed by atoms with Crippen LogP contribution in [0.25, 0.3) is 0 Å². The summed E-state index contributed by atoms with van der Waals surface area (Å²) < 4.78 is 5.02. The van der Waals surface area contributed by atoms with Gasteiger partial charge < -0.3 is 15.4 Å². The van der Waals surface area contributed by atoms with E-state index in [1.54, 1.807) is 30.3 Å². The number of hydrogen-bond acceptors (Lipinski definition) is 6. The maximum absolute atomic E-state index is 12.3. The van der Waals surface area contributed by atoms with Crippen molar-refractivity contribution >= 4 is 46.7 Å². The lowest BCUT2D eigenvalue weighted by Gasteiger charge is -2.14. The molecule has 0 aromatic heterocycles. The summed E-state index contributed by atoms with van der Waals surface area (Å²) in [6.07, 6.45) is 0.271. The average molecular weight is 409 g/mol. The Morgan fingerprint density at radius 2 is 1.57 bits per heavy atom. The first kappa shape index (κ1) is 20.7. The van der Waals surface area contributed by atoms with E-state index in [0.29, 0.717) is 11.4 Å². The molecule has 0 atom stereocenters. The highest BCUT2D eigenvalue weighted by molar-refractivity contribution is 6.20. The van der Waals surface area contributed by atoms with Crippen LogP contribution in [0.3, 0.4) is 0 Å². The van der Waals surface area contributed by atoms with Crippen LogP contribution in [0.1, 0.15) is 30.1 Å². The third kappa shape index (κ3) is 5.07. The summed E-state index contributed by atoms with van der Waals surface area (Å²) >= 11 is 0. The van der Waals surface area contributed by atoms with E-state index in [9.17, 15) is 24.0 Å². The van der Waals surface area contributed by atoms with Crippen molar-refractivity contribution in [1.82, 2.24) is 0 Å². The van der Waals surface area contributed by atoms with Gasteiger partial charge in [0.05, 0.1) is 11.3 Å². The maximum atomic E-state index is 12.3. The summed E-state index contributed by atoms with van der Waals surface area (Å²) in [5, 5.41) is 5.16. The smallest absolute Gasteiger partial charge is 0.338 e. The van der Waals surface area contributed by atoms with Gasteiger partial charge >= 0.3 is 5.97 Å². The largest absolute Gasteiger partial charge is 0.452 e. The molecule has 154 valence electrons. The Hall–Kier alpha value is -4.01. The fourth-order valence-corrected chi connectivity index (χ4v) is 2.93. The number of nitrogens with one attached hydrogen (secondary N) is 2. The summed E-state index contributed by atoms with van der Waals surface area (Å²) in [4.78, 5) is 60.2. The number of anilines is 3. The number of nitrogens with zero attached hydrogens (tertiary/aromatic N) is 1. The number of esters is 1. The molecular formula is C21H19N3O6. The fraction of sp³-hybridized carbons (Fsp3) is 0.190. The molecule has 0 radical (unpaired) electrons. The summed E-state index contributed by atoms with van der Waals surface area (Å²) in [5.41, 5.74) is 1.34. The molecule has 3 rings (SSSR count). The zero-order chi connectivity index (χ0) is 21.7. The molecule has 2 aromatic carbocycles. The molecule has 0 bridgehead atoms. The van der Waals surface area contributed by atoms with Gasteiger partial charge in [-0.1, -0.05) is 12.1 Å². The van der Waals surface area contributed by atoms with E-state index in [1.807, 2.05) is 0 Å². The van der Waals surface area contributed by atoms with Crippen LogP contribution in [0.5, 0.6) is 0 Å². The van der Waals surface area contributed by atoms with E-state index in [1.165, 1.54) is 25.1 Å². The third-order valence-electron chi connectivity index (χ3n) is 4.19. The molecule has 4 amide bonds. The van der Waals surface area contributed by atoms with Gasteiger partial charge in [0.15, 0.2) is 6.61 Å². The molecule has 0 unspecified atom stereocenters. The number of rotatable bonds is 6. The third-order valence-corrected chi connectivity index (χ3v) is 4.19. The highest BCUT2D eigenvalue weighted by Gasteiger charge is 2.30. The van der Waals surface area contributed by atoms with E-state index in [4.69, 9.17) is 4.74 Å².